The minimum Gasteiger partial charge on any atom is -0.507 e. The fourth-order valence-corrected chi connectivity index (χ4v) is 5.18. The van der Waals surface area contributed by atoms with E-state index in [0.29, 0.717) is 29.5 Å². The van der Waals surface area contributed by atoms with Gasteiger partial charge in [0.25, 0.3) is 11.7 Å². The highest BCUT2D eigenvalue weighted by atomic mass is 16.5. The largest absolute Gasteiger partial charge is 0.507 e. The van der Waals surface area contributed by atoms with E-state index in [1.54, 1.807) is 18.2 Å². The molecule has 2 saturated heterocycles. The molecule has 6 nitrogen and oxygen atoms in total. The molecule has 0 aromatic heterocycles. The molecule has 3 aromatic carbocycles. The highest BCUT2D eigenvalue weighted by Gasteiger charge is 2.47. The van der Waals surface area contributed by atoms with E-state index in [-0.39, 0.29) is 11.3 Å². The van der Waals surface area contributed by atoms with Gasteiger partial charge in [0.2, 0.25) is 0 Å². The van der Waals surface area contributed by atoms with Gasteiger partial charge >= 0.3 is 0 Å². The minimum absolute atomic E-state index is 0.0716. The average Bonchev–Trinajstić information content (AvgIpc) is 3.22. The normalized spacial score (nSPS) is 19.3. The van der Waals surface area contributed by atoms with E-state index in [0.717, 1.165) is 24.3 Å². The Labute approximate surface area is 224 Å². The van der Waals surface area contributed by atoms with Crippen LogP contribution in [0.5, 0.6) is 5.75 Å². The first-order chi connectivity index (χ1) is 18.4. The van der Waals surface area contributed by atoms with Gasteiger partial charge in [0.1, 0.15) is 11.5 Å². The van der Waals surface area contributed by atoms with Crippen LogP contribution in [0.1, 0.15) is 50.3 Å². The molecule has 6 heteroatoms. The smallest absolute Gasteiger partial charge is 0.300 e. The van der Waals surface area contributed by atoms with E-state index in [1.165, 1.54) is 24.2 Å². The Kier molecular flexibility index (Phi) is 7.50. The molecule has 38 heavy (non-hydrogen) atoms. The van der Waals surface area contributed by atoms with Crippen molar-refractivity contribution in [3.63, 3.8) is 0 Å². The number of carbonyl (C=O) groups excluding carboxylic acids is 2. The third-order valence-electron chi connectivity index (χ3n) is 7.10. The Morgan fingerprint density at radius 2 is 1.58 bits per heavy atom. The number of aliphatic hydroxyl groups is 1. The van der Waals surface area contributed by atoms with E-state index in [9.17, 15) is 14.7 Å². The van der Waals surface area contributed by atoms with Gasteiger partial charge in [0.05, 0.1) is 18.2 Å². The van der Waals surface area contributed by atoms with Gasteiger partial charge in [-0.2, -0.15) is 0 Å². The first kappa shape index (κ1) is 25.6. The van der Waals surface area contributed by atoms with Gasteiger partial charge < -0.3 is 14.7 Å². The number of amides is 1. The molecule has 0 spiro atoms. The summed E-state index contributed by atoms with van der Waals surface area (Å²) in [5, 5.41) is 11.4. The minimum atomic E-state index is -0.753. The van der Waals surface area contributed by atoms with Crippen LogP contribution >= 0.6 is 0 Å². The maximum absolute atomic E-state index is 13.5. The summed E-state index contributed by atoms with van der Waals surface area (Å²) >= 11 is 0. The molecule has 196 valence electrons. The summed E-state index contributed by atoms with van der Waals surface area (Å²) in [7, 11) is 0. The van der Waals surface area contributed by atoms with Crippen LogP contribution in [-0.4, -0.2) is 36.5 Å². The van der Waals surface area contributed by atoms with Crippen molar-refractivity contribution in [2.45, 2.75) is 39.2 Å². The van der Waals surface area contributed by atoms with Crippen molar-refractivity contribution in [1.29, 1.82) is 0 Å². The second-order valence-corrected chi connectivity index (χ2v) is 10.4. The number of carbonyl (C=O) groups is 2. The molecule has 5 rings (SSSR count). The number of nitrogens with zero attached hydrogens (tertiary/aromatic N) is 2. The van der Waals surface area contributed by atoms with E-state index >= 15 is 0 Å². The van der Waals surface area contributed by atoms with E-state index in [1.807, 2.05) is 60.7 Å². The van der Waals surface area contributed by atoms with Gasteiger partial charge in [-0.1, -0.05) is 56.3 Å². The SMILES string of the molecule is CC(C)COc1cccc(/C(O)=C2\C(=O)C(=O)N(c3ccc(N4CCCCC4)cc3)C2c2ccccc2)c1. The summed E-state index contributed by atoms with van der Waals surface area (Å²) in [6.45, 7) is 6.70. The summed E-state index contributed by atoms with van der Waals surface area (Å²) in [5.74, 6) is -0.624. The highest BCUT2D eigenvalue weighted by molar-refractivity contribution is 6.51. The molecule has 3 aromatic rings. The lowest BCUT2D eigenvalue weighted by Gasteiger charge is -2.30. The summed E-state index contributed by atoms with van der Waals surface area (Å²) < 4.78 is 5.83. The molecule has 0 aliphatic carbocycles. The van der Waals surface area contributed by atoms with Crippen LogP contribution < -0.4 is 14.5 Å². The maximum atomic E-state index is 13.5. The van der Waals surface area contributed by atoms with Crippen LogP contribution in [0.2, 0.25) is 0 Å². The monoisotopic (exact) mass is 510 g/mol. The molecular weight excluding hydrogens is 476 g/mol. The van der Waals surface area contributed by atoms with Gasteiger partial charge in [-0.25, -0.2) is 0 Å². The number of hydrogen-bond acceptors (Lipinski definition) is 5. The standard InChI is InChI=1S/C32H34N2O4/c1-22(2)21-38-27-13-9-12-24(20-27)30(35)28-29(23-10-5-3-6-11-23)34(32(37)31(28)36)26-16-14-25(15-17-26)33-18-7-4-8-19-33/h3,5-6,9-17,20,22,29,35H,4,7-8,18-19,21H2,1-2H3/b30-28+. The van der Waals surface area contributed by atoms with E-state index in [4.69, 9.17) is 4.74 Å². The maximum Gasteiger partial charge on any atom is 0.300 e. The molecule has 2 aliphatic heterocycles. The van der Waals surface area contributed by atoms with Crippen LogP contribution in [0.15, 0.2) is 84.4 Å². The number of hydrogen-bond donors (Lipinski definition) is 1. The molecule has 1 amide bonds. The van der Waals surface area contributed by atoms with Gasteiger partial charge in [-0.3, -0.25) is 14.5 Å². The summed E-state index contributed by atoms with van der Waals surface area (Å²) in [6.07, 6.45) is 3.60. The number of benzene rings is 3. The second-order valence-electron chi connectivity index (χ2n) is 10.4. The first-order valence-corrected chi connectivity index (χ1v) is 13.4. The summed E-state index contributed by atoms with van der Waals surface area (Å²) in [6, 6.07) is 23.5. The van der Waals surface area contributed by atoms with Crippen LogP contribution in [0.25, 0.3) is 5.76 Å². The predicted molar refractivity (Wildman–Crippen MR) is 151 cm³/mol. The van der Waals surface area contributed by atoms with Crippen molar-refractivity contribution in [3.8, 4) is 5.75 Å². The van der Waals surface area contributed by atoms with E-state index in [2.05, 4.69) is 18.7 Å². The fourth-order valence-electron chi connectivity index (χ4n) is 5.18. The van der Waals surface area contributed by atoms with Gasteiger partial charge in [0.15, 0.2) is 0 Å². The lowest BCUT2D eigenvalue weighted by atomic mass is 9.95. The van der Waals surface area contributed by atoms with Crippen LogP contribution in [0.3, 0.4) is 0 Å². The number of aliphatic hydroxyl groups excluding tert-OH is 1. The Hall–Kier alpha value is -4.06. The topological polar surface area (TPSA) is 70.1 Å². The molecule has 1 unspecified atom stereocenters. The van der Waals surface area contributed by atoms with E-state index < -0.39 is 17.7 Å². The summed E-state index contributed by atoms with van der Waals surface area (Å²) in [5.41, 5.74) is 2.99. The molecule has 1 atom stereocenters. The Balaban J connectivity index is 1.55. The number of rotatable bonds is 7. The molecule has 2 aliphatic rings. The molecule has 1 N–H and O–H groups in total. The fraction of sp³-hybridized carbons (Fsp3) is 0.312. The number of Topliss-reactive ketones (excluding diaryl/α,β-unsaturated/α-hetero) is 1. The molecule has 2 heterocycles. The van der Waals surface area contributed by atoms with Crippen molar-refractivity contribution in [2.24, 2.45) is 5.92 Å². The zero-order chi connectivity index (χ0) is 26.6. The van der Waals surface area contributed by atoms with Crippen molar-refractivity contribution in [1.82, 2.24) is 0 Å². The Bertz CT molecular complexity index is 1330. The number of anilines is 2. The highest BCUT2D eigenvalue weighted by Crippen LogP contribution is 2.42. The van der Waals surface area contributed by atoms with Gasteiger partial charge in [-0.05, 0) is 67.1 Å². The molecule has 0 saturated carbocycles. The van der Waals surface area contributed by atoms with Crippen molar-refractivity contribution in [2.75, 3.05) is 29.5 Å². The predicted octanol–water partition coefficient (Wildman–Crippen LogP) is 6.34. The molecule has 2 fully saturated rings. The first-order valence-electron chi connectivity index (χ1n) is 13.4. The zero-order valence-electron chi connectivity index (χ0n) is 22.0. The molecule has 0 bridgehead atoms. The number of ether oxygens (including phenoxy) is 1. The summed E-state index contributed by atoms with van der Waals surface area (Å²) in [4.78, 5) is 30.8. The Morgan fingerprint density at radius 3 is 2.26 bits per heavy atom. The second kappa shape index (κ2) is 11.1. The van der Waals surface area contributed by atoms with Crippen molar-refractivity contribution >= 4 is 28.8 Å². The van der Waals surface area contributed by atoms with Gasteiger partial charge in [-0.15, -0.1) is 0 Å². The van der Waals surface area contributed by atoms with Gasteiger partial charge in [0, 0.05) is 30.0 Å². The lowest BCUT2D eigenvalue weighted by Crippen LogP contribution is -2.30. The average molecular weight is 511 g/mol. The Morgan fingerprint density at radius 1 is 0.895 bits per heavy atom. The number of ketones is 1. The molecule has 0 radical (unpaired) electrons. The third-order valence-corrected chi connectivity index (χ3v) is 7.10. The van der Waals surface area contributed by atoms with Crippen LogP contribution in [0, 0.1) is 5.92 Å². The zero-order valence-corrected chi connectivity index (χ0v) is 22.0. The molecular formula is C32H34N2O4. The van der Waals surface area contributed by atoms with Crippen molar-refractivity contribution < 1.29 is 19.4 Å². The van der Waals surface area contributed by atoms with Crippen LogP contribution in [-0.2, 0) is 9.59 Å². The van der Waals surface area contributed by atoms with Crippen LogP contribution in [0.4, 0.5) is 11.4 Å². The quantitative estimate of drug-likeness (QED) is 0.228. The third kappa shape index (κ3) is 5.17. The lowest BCUT2D eigenvalue weighted by molar-refractivity contribution is -0.132. The number of piperidine rings is 1. The van der Waals surface area contributed by atoms with Crippen molar-refractivity contribution in [3.05, 3.63) is 95.6 Å².